The second kappa shape index (κ2) is 7.56. The SMILES string of the molecule is C=C1CCC2C(CN)C([C@]3(C)Cc4cnn(-c5cccnc5)c4C[C@@H]3CO)CCC12C. The van der Waals surface area contributed by atoms with Gasteiger partial charge in [-0.1, -0.05) is 26.0 Å². The lowest BCUT2D eigenvalue weighted by molar-refractivity contribution is -0.0537. The Balaban J connectivity index is 1.50. The van der Waals surface area contributed by atoms with Crippen LogP contribution in [0.1, 0.15) is 50.8 Å². The van der Waals surface area contributed by atoms with Crippen molar-refractivity contribution < 1.29 is 5.11 Å². The van der Waals surface area contributed by atoms with Crippen molar-refractivity contribution in [3.8, 4) is 5.69 Å². The maximum Gasteiger partial charge on any atom is 0.0832 e. The van der Waals surface area contributed by atoms with E-state index in [0.717, 1.165) is 31.5 Å². The van der Waals surface area contributed by atoms with E-state index in [9.17, 15) is 5.11 Å². The molecule has 4 unspecified atom stereocenters. The predicted molar refractivity (Wildman–Crippen MR) is 123 cm³/mol. The van der Waals surface area contributed by atoms with Gasteiger partial charge in [0.25, 0.3) is 0 Å². The summed E-state index contributed by atoms with van der Waals surface area (Å²) in [4.78, 5) is 4.26. The Kier molecular flexibility index (Phi) is 5.10. The predicted octanol–water partition coefficient (Wildman–Crippen LogP) is 3.94. The molecule has 5 rings (SSSR count). The molecule has 0 amide bonds. The van der Waals surface area contributed by atoms with E-state index >= 15 is 0 Å². The van der Waals surface area contributed by atoms with Gasteiger partial charge in [-0.25, -0.2) is 4.68 Å². The molecule has 3 N–H and O–H groups in total. The maximum atomic E-state index is 10.5. The highest BCUT2D eigenvalue weighted by Gasteiger charge is 2.56. The zero-order valence-corrected chi connectivity index (χ0v) is 18.9. The Morgan fingerprint density at radius 1 is 1.26 bits per heavy atom. The van der Waals surface area contributed by atoms with Crippen molar-refractivity contribution in [2.45, 2.75) is 52.4 Å². The van der Waals surface area contributed by atoms with Gasteiger partial charge in [0.05, 0.1) is 18.1 Å². The smallest absolute Gasteiger partial charge is 0.0832 e. The first kappa shape index (κ1) is 20.9. The van der Waals surface area contributed by atoms with Crippen molar-refractivity contribution in [2.75, 3.05) is 13.2 Å². The van der Waals surface area contributed by atoms with Gasteiger partial charge in [0, 0.05) is 18.5 Å². The largest absolute Gasteiger partial charge is 0.396 e. The lowest BCUT2D eigenvalue weighted by atomic mass is 9.49. The van der Waals surface area contributed by atoms with Gasteiger partial charge >= 0.3 is 0 Å². The number of rotatable bonds is 4. The Bertz CT molecular complexity index is 969. The molecule has 31 heavy (non-hydrogen) atoms. The standard InChI is InChI=1S/C26H36N4O/c1-17-6-7-22-21(13-27)23(8-9-25(17,22)2)26(3)12-18-14-29-30(20-5-4-10-28-15-20)24(18)11-19(26)16-31/h4-5,10,14-15,19,21-23,31H,1,6-9,11-13,16,27H2,2-3H3/t19-,21?,22?,23?,25?,26-/m1/s1. The Labute approximate surface area is 185 Å². The molecule has 3 aliphatic rings. The second-order valence-corrected chi connectivity index (χ2v) is 10.7. The molecule has 5 heteroatoms. The fraction of sp³-hybridized carbons (Fsp3) is 0.615. The number of allylic oxidation sites excluding steroid dienone is 1. The number of nitrogens with two attached hydrogens (primary N) is 1. The highest BCUT2D eigenvalue weighted by molar-refractivity contribution is 5.35. The summed E-state index contributed by atoms with van der Waals surface area (Å²) in [5.41, 5.74) is 11.7. The molecule has 0 saturated heterocycles. The van der Waals surface area contributed by atoms with Crippen LogP contribution in [0.4, 0.5) is 0 Å². The van der Waals surface area contributed by atoms with Gasteiger partial charge < -0.3 is 10.8 Å². The zero-order chi connectivity index (χ0) is 21.8. The van der Waals surface area contributed by atoms with Gasteiger partial charge in [0.2, 0.25) is 0 Å². The molecule has 2 aromatic heterocycles. The minimum absolute atomic E-state index is 0.0276. The van der Waals surface area contributed by atoms with Gasteiger partial charge in [0.1, 0.15) is 0 Å². The van der Waals surface area contributed by atoms with E-state index in [1.165, 1.54) is 36.1 Å². The van der Waals surface area contributed by atoms with E-state index < -0.39 is 0 Å². The fourth-order valence-corrected chi connectivity index (χ4v) is 7.54. The number of pyridine rings is 1. The van der Waals surface area contributed by atoms with Crippen LogP contribution in [0.3, 0.4) is 0 Å². The minimum Gasteiger partial charge on any atom is -0.396 e. The average molecular weight is 421 g/mol. The van der Waals surface area contributed by atoms with E-state index in [2.05, 4.69) is 25.4 Å². The number of hydrogen-bond donors (Lipinski definition) is 2. The second-order valence-electron chi connectivity index (χ2n) is 10.7. The first-order valence-corrected chi connectivity index (χ1v) is 11.9. The lowest BCUT2D eigenvalue weighted by Gasteiger charge is -2.55. The minimum atomic E-state index is 0.0276. The molecule has 0 aromatic carbocycles. The van der Waals surface area contributed by atoms with E-state index in [-0.39, 0.29) is 23.4 Å². The summed E-state index contributed by atoms with van der Waals surface area (Å²) < 4.78 is 2.02. The molecule has 0 radical (unpaired) electrons. The van der Waals surface area contributed by atoms with Crippen LogP contribution in [0.25, 0.3) is 5.69 Å². The van der Waals surface area contributed by atoms with Crippen molar-refractivity contribution in [3.05, 3.63) is 54.1 Å². The van der Waals surface area contributed by atoms with Gasteiger partial charge in [0.15, 0.2) is 0 Å². The summed E-state index contributed by atoms with van der Waals surface area (Å²) in [6.07, 6.45) is 12.2. The summed E-state index contributed by atoms with van der Waals surface area (Å²) in [6, 6.07) is 3.99. The lowest BCUT2D eigenvalue weighted by Crippen LogP contribution is -2.53. The molecule has 3 aliphatic carbocycles. The van der Waals surface area contributed by atoms with Crippen LogP contribution in [-0.2, 0) is 12.8 Å². The monoisotopic (exact) mass is 420 g/mol. The number of aromatic nitrogens is 3. The molecule has 0 spiro atoms. The average Bonchev–Trinajstić information content (AvgIpc) is 3.32. The van der Waals surface area contributed by atoms with Crippen LogP contribution in [0.15, 0.2) is 42.9 Å². The molecule has 0 aliphatic heterocycles. The van der Waals surface area contributed by atoms with Crippen LogP contribution < -0.4 is 5.73 Å². The molecule has 2 aromatic rings. The normalized spacial score (nSPS) is 37.5. The van der Waals surface area contributed by atoms with Gasteiger partial charge in [-0.05, 0) is 97.3 Å². The summed E-state index contributed by atoms with van der Waals surface area (Å²) in [6.45, 7) is 10.2. The third kappa shape index (κ3) is 3.04. The third-order valence-corrected chi connectivity index (χ3v) is 9.52. The van der Waals surface area contributed by atoms with Gasteiger partial charge in [-0.3, -0.25) is 4.98 Å². The van der Waals surface area contributed by atoms with Crippen molar-refractivity contribution in [3.63, 3.8) is 0 Å². The van der Waals surface area contributed by atoms with Crippen molar-refractivity contribution in [1.29, 1.82) is 0 Å². The molecule has 0 bridgehead atoms. The number of aliphatic hydroxyl groups excluding tert-OH is 1. The van der Waals surface area contributed by atoms with Crippen LogP contribution in [-0.4, -0.2) is 33.0 Å². The molecule has 166 valence electrons. The van der Waals surface area contributed by atoms with Crippen LogP contribution in [0.2, 0.25) is 0 Å². The molecule has 2 saturated carbocycles. The molecule has 6 atom stereocenters. The molecule has 2 fully saturated rings. The van der Waals surface area contributed by atoms with Crippen LogP contribution in [0, 0.1) is 34.5 Å². The van der Waals surface area contributed by atoms with Crippen molar-refractivity contribution in [1.82, 2.24) is 14.8 Å². The summed E-state index contributed by atoms with van der Waals surface area (Å²) in [5, 5.41) is 15.3. The number of hydrogen-bond acceptors (Lipinski definition) is 4. The first-order chi connectivity index (χ1) is 14.9. The fourth-order valence-electron chi connectivity index (χ4n) is 7.54. The van der Waals surface area contributed by atoms with Gasteiger partial charge in [-0.15, -0.1) is 0 Å². The van der Waals surface area contributed by atoms with E-state index in [0.29, 0.717) is 17.8 Å². The first-order valence-electron chi connectivity index (χ1n) is 11.9. The Hall–Kier alpha value is -1.98. The number of nitrogens with zero attached hydrogens (tertiary/aromatic N) is 3. The summed E-state index contributed by atoms with van der Waals surface area (Å²) >= 11 is 0. The highest BCUT2D eigenvalue weighted by Crippen LogP contribution is 2.62. The molecule has 5 nitrogen and oxygen atoms in total. The number of aliphatic hydroxyl groups is 1. The Morgan fingerprint density at radius 2 is 2.10 bits per heavy atom. The Morgan fingerprint density at radius 3 is 2.81 bits per heavy atom. The quantitative estimate of drug-likeness (QED) is 0.735. The maximum absolute atomic E-state index is 10.5. The topological polar surface area (TPSA) is 77.0 Å². The van der Waals surface area contributed by atoms with E-state index in [1.807, 2.05) is 29.2 Å². The highest BCUT2D eigenvalue weighted by atomic mass is 16.3. The summed E-state index contributed by atoms with van der Waals surface area (Å²) in [5.74, 6) is 1.85. The van der Waals surface area contributed by atoms with Crippen LogP contribution >= 0.6 is 0 Å². The van der Waals surface area contributed by atoms with E-state index in [4.69, 9.17) is 10.8 Å². The van der Waals surface area contributed by atoms with Crippen molar-refractivity contribution >= 4 is 0 Å². The van der Waals surface area contributed by atoms with Crippen LogP contribution in [0.5, 0.6) is 0 Å². The number of fused-ring (bicyclic) bond motifs is 2. The molecular formula is C26H36N4O. The van der Waals surface area contributed by atoms with E-state index in [1.54, 1.807) is 6.20 Å². The van der Waals surface area contributed by atoms with Crippen molar-refractivity contribution in [2.24, 2.45) is 40.2 Å². The molecular weight excluding hydrogens is 384 g/mol. The summed E-state index contributed by atoms with van der Waals surface area (Å²) in [7, 11) is 0. The molecule has 2 heterocycles. The van der Waals surface area contributed by atoms with Gasteiger partial charge in [-0.2, -0.15) is 5.10 Å². The zero-order valence-electron chi connectivity index (χ0n) is 18.9. The third-order valence-electron chi connectivity index (χ3n) is 9.52.